The van der Waals surface area contributed by atoms with Gasteiger partial charge in [0, 0.05) is 38.7 Å². The Morgan fingerprint density at radius 2 is 1.84 bits per heavy atom. The standard InChI is InChI=1S/C25H24BrClN2O2/c1-30-24-11-10-22(26)21(25(24)31-16-17-6-8-19(27)9-7-17)15-28-13-12-18-14-29-23-5-3-2-4-20(18)23/h2-11,14,28-29H,12-13,15-16H2,1H3. The molecule has 4 rings (SSSR count). The third-order valence-corrected chi connectivity index (χ3v) is 6.23. The van der Waals surface area contributed by atoms with Gasteiger partial charge in [-0.05, 0) is 54.4 Å². The highest BCUT2D eigenvalue weighted by molar-refractivity contribution is 9.10. The molecular formula is C25H24BrClN2O2. The summed E-state index contributed by atoms with van der Waals surface area (Å²) in [5.74, 6) is 1.46. The zero-order valence-electron chi connectivity index (χ0n) is 17.3. The number of benzene rings is 3. The van der Waals surface area contributed by atoms with E-state index in [1.54, 1.807) is 7.11 Å². The van der Waals surface area contributed by atoms with Crippen molar-refractivity contribution < 1.29 is 9.47 Å². The van der Waals surface area contributed by atoms with Crippen LogP contribution in [0.15, 0.2) is 71.3 Å². The zero-order valence-corrected chi connectivity index (χ0v) is 19.6. The lowest BCUT2D eigenvalue weighted by atomic mass is 10.1. The van der Waals surface area contributed by atoms with Gasteiger partial charge in [-0.25, -0.2) is 0 Å². The van der Waals surface area contributed by atoms with E-state index in [0.717, 1.165) is 34.3 Å². The van der Waals surface area contributed by atoms with Crippen LogP contribution in [0.2, 0.25) is 5.02 Å². The smallest absolute Gasteiger partial charge is 0.167 e. The molecule has 0 aliphatic heterocycles. The number of methoxy groups -OCH3 is 1. The molecule has 0 bridgehead atoms. The van der Waals surface area contributed by atoms with Crippen molar-refractivity contribution in [3.8, 4) is 11.5 Å². The molecule has 0 unspecified atom stereocenters. The van der Waals surface area contributed by atoms with Gasteiger partial charge in [0.2, 0.25) is 0 Å². The topological polar surface area (TPSA) is 46.3 Å². The van der Waals surface area contributed by atoms with E-state index >= 15 is 0 Å². The van der Waals surface area contributed by atoms with E-state index in [2.05, 4.69) is 50.6 Å². The summed E-state index contributed by atoms with van der Waals surface area (Å²) in [5.41, 5.74) is 4.56. The number of aromatic nitrogens is 1. The number of hydrogen-bond donors (Lipinski definition) is 2. The van der Waals surface area contributed by atoms with E-state index < -0.39 is 0 Å². The first-order valence-corrected chi connectivity index (χ1v) is 11.3. The molecule has 2 N–H and O–H groups in total. The summed E-state index contributed by atoms with van der Waals surface area (Å²) in [5, 5.41) is 5.53. The second-order valence-electron chi connectivity index (χ2n) is 7.26. The molecule has 0 fully saturated rings. The number of halogens is 2. The lowest BCUT2D eigenvalue weighted by Crippen LogP contribution is -2.18. The minimum Gasteiger partial charge on any atom is -0.493 e. The third kappa shape index (κ3) is 5.24. The van der Waals surface area contributed by atoms with Crippen LogP contribution in [0.25, 0.3) is 10.9 Å². The van der Waals surface area contributed by atoms with Crippen LogP contribution in [0.1, 0.15) is 16.7 Å². The summed E-state index contributed by atoms with van der Waals surface area (Å²) in [6, 6.07) is 19.9. The van der Waals surface area contributed by atoms with Crippen LogP contribution in [0.4, 0.5) is 0 Å². The Morgan fingerprint density at radius 3 is 2.65 bits per heavy atom. The molecule has 3 aromatic carbocycles. The summed E-state index contributed by atoms with van der Waals surface area (Å²) in [4.78, 5) is 3.34. The summed E-state index contributed by atoms with van der Waals surface area (Å²) < 4.78 is 12.7. The van der Waals surface area contributed by atoms with Crippen molar-refractivity contribution >= 4 is 38.4 Å². The molecule has 6 heteroatoms. The van der Waals surface area contributed by atoms with Gasteiger partial charge < -0.3 is 19.8 Å². The van der Waals surface area contributed by atoms with Crippen molar-refractivity contribution in [2.45, 2.75) is 19.6 Å². The molecule has 0 saturated carbocycles. The van der Waals surface area contributed by atoms with Crippen LogP contribution in [-0.2, 0) is 19.6 Å². The van der Waals surface area contributed by atoms with Gasteiger partial charge in [-0.15, -0.1) is 0 Å². The van der Waals surface area contributed by atoms with Gasteiger partial charge in [0.25, 0.3) is 0 Å². The van der Waals surface area contributed by atoms with Crippen molar-refractivity contribution in [1.29, 1.82) is 0 Å². The highest BCUT2D eigenvalue weighted by Crippen LogP contribution is 2.37. The predicted molar refractivity (Wildman–Crippen MR) is 130 cm³/mol. The van der Waals surface area contributed by atoms with Gasteiger partial charge in [0.1, 0.15) is 6.61 Å². The van der Waals surface area contributed by atoms with Gasteiger partial charge in [0.15, 0.2) is 11.5 Å². The van der Waals surface area contributed by atoms with Crippen molar-refractivity contribution in [2.75, 3.05) is 13.7 Å². The Bertz CT molecular complexity index is 1160. The normalized spacial score (nSPS) is 11.1. The molecule has 0 aliphatic carbocycles. The summed E-state index contributed by atoms with van der Waals surface area (Å²) >= 11 is 9.66. The first kappa shape index (κ1) is 21.8. The molecule has 1 heterocycles. The van der Waals surface area contributed by atoms with E-state index in [9.17, 15) is 0 Å². The molecule has 160 valence electrons. The zero-order chi connectivity index (χ0) is 21.6. The van der Waals surface area contributed by atoms with Gasteiger partial charge in [-0.1, -0.05) is 57.9 Å². The fourth-order valence-electron chi connectivity index (χ4n) is 3.58. The SMILES string of the molecule is COc1ccc(Br)c(CNCCc2c[nH]c3ccccc23)c1OCc1ccc(Cl)cc1. The highest BCUT2D eigenvalue weighted by Gasteiger charge is 2.15. The van der Waals surface area contributed by atoms with Crippen LogP contribution in [0.5, 0.6) is 11.5 Å². The number of para-hydroxylation sites is 1. The largest absolute Gasteiger partial charge is 0.493 e. The highest BCUT2D eigenvalue weighted by atomic mass is 79.9. The van der Waals surface area contributed by atoms with Crippen LogP contribution in [0, 0.1) is 0 Å². The first-order chi connectivity index (χ1) is 15.2. The van der Waals surface area contributed by atoms with E-state index in [0.29, 0.717) is 23.9 Å². The molecule has 4 aromatic rings. The maximum Gasteiger partial charge on any atom is 0.167 e. The Kier molecular flexibility index (Phi) is 7.17. The van der Waals surface area contributed by atoms with Gasteiger partial charge in [-0.2, -0.15) is 0 Å². The summed E-state index contributed by atoms with van der Waals surface area (Å²) in [7, 11) is 1.66. The Hall–Kier alpha value is -2.47. The number of ether oxygens (including phenoxy) is 2. The van der Waals surface area contributed by atoms with E-state index in [1.165, 1.54) is 16.5 Å². The van der Waals surface area contributed by atoms with Crippen LogP contribution in [0.3, 0.4) is 0 Å². The molecule has 0 radical (unpaired) electrons. The van der Waals surface area contributed by atoms with Crippen molar-refractivity contribution in [3.05, 3.63) is 93.0 Å². The quantitative estimate of drug-likeness (QED) is 0.258. The minimum atomic E-state index is 0.437. The number of fused-ring (bicyclic) bond motifs is 1. The Balaban J connectivity index is 1.43. The molecule has 0 aliphatic rings. The van der Waals surface area contributed by atoms with Crippen molar-refractivity contribution in [2.24, 2.45) is 0 Å². The average molecular weight is 500 g/mol. The first-order valence-electron chi connectivity index (χ1n) is 10.1. The van der Waals surface area contributed by atoms with E-state index in [1.807, 2.05) is 42.5 Å². The van der Waals surface area contributed by atoms with Gasteiger partial charge in [-0.3, -0.25) is 0 Å². The van der Waals surface area contributed by atoms with Crippen LogP contribution in [-0.4, -0.2) is 18.6 Å². The number of H-pyrrole nitrogens is 1. The Morgan fingerprint density at radius 1 is 1.03 bits per heavy atom. The number of hydrogen-bond acceptors (Lipinski definition) is 3. The molecule has 31 heavy (non-hydrogen) atoms. The average Bonchev–Trinajstić information content (AvgIpc) is 3.20. The van der Waals surface area contributed by atoms with E-state index in [4.69, 9.17) is 21.1 Å². The molecule has 4 nitrogen and oxygen atoms in total. The molecule has 0 saturated heterocycles. The molecular weight excluding hydrogens is 476 g/mol. The molecule has 0 atom stereocenters. The van der Waals surface area contributed by atoms with Crippen LogP contribution >= 0.6 is 27.5 Å². The van der Waals surface area contributed by atoms with Gasteiger partial charge >= 0.3 is 0 Å². The monoisotopic (exact) mass is 498 g/mol. The Labute approximate surface area is 195 Å². The predicted octanol–water partition coefficient (Wildman–Crippen LogP) is 6.50. The second-order valence-corrected chi connectivity index (χ2v) is 8.55. The minimum absolute atomic E-state index is 0.437. The molecule has 0 amide bonds. The molecule has 1 aromatic heterocycles. The lowest BCUT2D eigenvalue weighted by molar-refractivity contribution is 0.280. The number of rotatable bonds is 9. The number of aromatic amines is 1. The maximum absolute atomic E-state index is 6.18. The molecule has 0 spiro atoms. The fraction of sp³-hybridized carbons (Fsp3) is 0.200. The lowest BCUT2D eigenvalue weighted by Gasteiger charge is -2.17. The second kappa shape index (κ2) is 10.2. The van der Waals surface area contributed by atoms with Crippen molar-refractivity contribution in [3.63, 3.8) is 0 Å². The van der Waals surface area contributed by atoms with Crippen LogP contribution < -0.4 is 14.8 Å². The third-order valence-electron chi connectivity index (χ3n) is 5.23. The summed E-state index contributed by atoms with van der Waals surface area (Å²) in [6.45, 7) is 1.95. The summed E-state index contributed by atoms with van der Waals surface area (Å²) in [6.07, 6.45) is 3.03. The number of nitrogens with one attached hydrogen (secondary N) is 2. The fourth-order valence-corrected chi connectivity index (χ4v) is 4.16. The van der Waals surface area contributed by atoms with Gasteiger partial charge in [0.05, 0.1) is 7.11 Å². The van der Waals surface area contributed by atoms with Crippen molar-refractivity contribution in [1.82, 2.24) is 10.3 Å². The maximum atomic E-state index is 6.18. The van der Waals surface area contributed by atoms with E-state index in [-0.39, 0.29) is 0 Å².